The van der Waals surface area contributed by atoms with Crippen molar-refractivity contribution >= 4 is 27.3 Å². The Labute approximate surface area is 108 Å². The van der Waals surface area contributed by atoms with Gasteiger partial charge in [0.2, 0.25) is 0 Å². The van der Waals surface area contributed by atoms with Crippen LogP contribution < -0.4 is 5.32 Å². The quantitative estimate of drug-likeness (QED) is 0.895. The molecule has 0 aliphatic carbocycles. The number of furan rings is 1. The number of hydrogen-bond donors (Lipinski definition) is 1. The zero-order chi connectivity index (χ0) is 11.4. The topological polar surface area (TPSA) is 25.2 Å². The smallest absolute Gasteiger partial charge is 0.0954 e. The van der Waals surface area contributed by atoms with Crippen molar-refractivity contribution in [3.63, 3.8) is 0 Å². The summed E-state index contributed by atoms with van der Waals surface area (Å²) in [5.41, 5.74) is 1.18. The van der Waals surface area contributed by atoms with E-state index in [0.29, 0.717) is 0 Å². The number of nitrogens with one attached hydrogen (secondary N) is 1. The lowest BCUT2D eigenvalue weighted by atomic mass is 10.1. The summed E-state index contributed by atoms with van der Waals surface area (Å²) in [6.07, 6.45) is 4.65. The molecule has 0 bridgehead atoms. The van der Waals surface area contributed by atoms with E-state index >= 15 is 0 Å². The lowest BCUT2D eigenvalue weighted by Gasteiger charge is -2.16. The number of thiophene rings is 1. The molecule has 1 unspecified atom stereocenters. The van der Waals surface area contributed by atoms with E-state index in [4.69, 9.17) is 4.42 Å². The first kappa shape index (κ1) is 11.9. The minimum Gasteiger partial charge on any atom is -0.472 e. The van der Waals surface area contributed by atoms with Gasteiger partial charge in [-0.1, -0.05) is 6.92 Å². The third-order valence-corrected chi connectivity index (χ3v) is 4.32. The SMILES string of the molecule is CCCNC(c1ccoc1)c1sccc1Br. The minimum absolute atomic E-state index is 0.230. The minimum atomic E-state index is 0.230. The highest BCUT2D eigenvalue weighted by Gasteiger charge is 2.18. The molecular weight excluding hydrogens is 286 g/mol. The monoisotopic (exact) mass is 299 g/mol. The van der Waals surface area contributed by atoms with Gasteiger partial charge in [0, 0.05) is 14.9 Å². The number of halogens is 1. The lowest BCUT2D eigenvalue weighted by Crippen LogP contribution is -2.22. The van der Waals surface area contributed by atoms with Crippen molar-refractivity contribution in [3.05, 3.63) is 45.0 Å². The molecule has 2 rings (SSSR count). The molecule has 0 aromatic carbocycles. The van der Waals surface area contributed by atoms with Crippen molar-refractivity contribution in [3.8, 4) is 0 Å². The third-order valence-electron chi connectivity index (χ3n) is 2.38. The second kappa shape index (κ2) is 5.66. The molecule has 0 aliphatic rings. The average Bonchev–Trinajstić information content (AvgIpc) is 2.91. The summed E-state index contributed by atoms with van der Waals surface area (Å²) in [4.78, 5) is 1.30. The van der Waals surface area contributed by atoms with Gasteiger partial charge in [0.15, 0.2) is 0 Å². The standard InChI is InChI=1S/C12H14BrNOS/c1-2-5-14-11(9-3-6-15-8-9)12-10(13)4-7-16-12/h3-4,6-8,11,14H,2,5H2,1H3. The molecule has 2 nitrogen and oxygen atoms in total. The second-order valence-electron chi connectivity index (χ2n) is 3.58. The molecule has 0 saturated carbocycles. The molecule has 0 amide bonds. The number of hydrogen-bond acceptors (Lipinski definition) is 3. The molecule has 0 aliphatic heterocycles. The van der Waals surface area contributed by atoms with Gasteiger partial charge in [0.1, 0.15) is 0 Å². The zero-order valence-corrected chi connectivity index (χ0v) is 11.5. The summed E-state index contributed by atoms with van der Waals surface area (Å²) < 4.78 is 6.32. The average molecular weight is 300 g/mol. The van der Waals surface area contributed by atoms with Crippen LogP contribution >= 0.6 is 27.3 Å². The Bertz CT molecular complexity index is 424. The highest BCUT2D eigenvalue weighted by atomic mass is 79.9. The van der Waals surface area contributed by atoms with Crippen LogP contribution in [0.5, 0.6) is 0 Å². The van der Waals surface area contributed by atoms with Crippen molar-refractivity contribution in [2.75, 3.05) is 6.54 Å². The van der Waals surface area contributed by atoms with Gasteiger partial charge in [0.05, 0.1) is 18.6 Å². The first-order valence-electron chi connectivity index (χ1n) is 5.31. The van der Waals surface area contributed by atoms with Crippen LogP contribution in [0.15, 0.2) is 38.9 Å². The van der Waals surface area contributed by atoms with Crippen molar-refractivity contribution in [2.45, 2.75) is 19.4 Å². The summed E-state index contributed by atoms with van der Waals surface area (Å²) in [5, 5.41) is 5.63. The normalized spacial score (nSPS) is 12.9. The van der Waals surface area contributed by atoms with Crippen molar-refractivity contribution < 1.29 is 4.42 Å². The van der Waals surface area contributed by atoms with Gasteiger partial charge in [-0.2, -0.15) is 0 Å². The fourth-order valence-electron chi connectivity index (χ4n) is 1.60. The fraction of sp³-hybridized carbons (Fsp3) is 0.333. The highest BCUT2D eigenvalue weighted by molar-refractivity contribution is 9.10. The van der Waals surface area contributed by atoms with Crippen LogP contribution in [-0.2, 0) is 0 Å². The van der Waals surface area contributed by atoms with Crippen LogP contribution in [0, 0.1) is 0 Å². The predicted octanol–water partition coefficient (Wildman–Crippen LogP) is 4.19. The van der Waals surface area contributed by atoms with E-state index in [0.717, 1.165) is 17.4 Å². The number of rotatable bonds is 5. The summed E-state index contributed by atoms with van der Waals surface area (Å²) >= 11 is 5.34. The van der Waals surface area contributed by atoms with E-state index in [1.54, 1.807) is 23.9 Å². The van der Waals surface area contributed by atoms with Crippen molar-refractivity contribution in [2.24, 2.45) is 0 Å². The Morgan fingerprint density at radius 3 is 2.94 bits per heavy atom. The van der Waals surface area contributed by atoms with Crippen LogP contribution in [0.3, 0.4) is 0 Å². The van der Waals surface area contributed by atoms with Gasteiger partial charge in [-0.05, 0) is 46.4 Å². The van der Waals surface area contributed by atoms with Crippen LogP contribution in [0.25, 0.3) is 0 Å². The molecule has 2 aromatic heterocycles. The molecular formula is C12H14BrNOS. The molecule has 4 heteroatoms. The van der Waals surface area contributed by atoms with Crippen LogP contribution in [0.1, 0.15) is 29.8 Å². The maximum atomic E-state index is 5.16. The van der Waals surface area contributed by atoms with E-state index in [1.165, 1.54) is 10.4 Å². The van der Waals surface area contributed by atoms with Crippen molar-refractivity contribution in [1.29, 1.82) is 0 Å². The summed E-state index contributed by atoms with van der Waals surface area (Å²) in [7, 11) is 0. The van der Waals surface area contributed by atoms with Crippen LogP contribution in [0.4, 0.5) is 0 Å². The van der Waals surface area contributed by atoms with Gasteiger partial charge in [-0.15, -0.1) is 11.3 Å². The van der Waals surface area contributed by atoms with Gasteiger partial charge < -0.3 is 9.73 Å². The zero-order valence-electron chi connectivity index (χ0n) is 9.07. The van der Waals surface area contributed by atoms with Crippen LogP contribution in [0.2, 0.25) is 0 Å². The Morgan fingerprint density at radius 2 is 2.38 bits per heavy atom. The largest absolute Gasteiger partial charge is 0.472 e. The summed E-state index contributed by atoms with van der Waals surface area (Å²) in [6, 6.07) is 4.33. The Kier molecular flexibility index (Phi) is 4.21. The Hall–Kier alpha value is -0.580. The fourth-order valence-corrected chi connectivity index (χ4v) is 3.30. The molecule has 0 spiro atoms. The molecule has 86 valence electrons. The van der Waals surface area contributed by atoms with E-state index < -0.39 is 0 Å². The molecule has 0 radical (unpaired) electrons. The van der Waals surface area contributed by atoms with E-state index in [-0.39, 0.29) is 6.04 Å². The first-order chi connectivity index (χ1) is 7.83. The summed E-state index contributed by atoms with van der Waals surface area (Å²) in [6.45, 7) is 3.17. The Balaban J connectivity index is 2.25. The van der Waals surface area contributed by atoms with E-state index in [1.807, 2.05) is 6.07 Å². The maximum Gasteiger partial charge on any atom is 0.0954 e. The lowest BCUT2D eigenvalue weighted by molar-refractivity contribution is 0.550. The Morgan fingerprint density at radius 1 is 1.50 bits per heavy atom. The molecule has 2 aromatic rings. The molecule has 2 heterocycles. The van der Waals surface area contributed by atoms with Gasteiger partial charge >= 0.3 is 0 Å². The molecule has 1 N–H and O–H groups in total. The molecule has 1 atom stereocenters. The maximum absolute atomic E-state index is 5.16. The van der Waals surface area contributed by atoms with Gasteiger partial charge in [0.25, 0.3) is 0 Å². The van der Waals surface area contributed by atoms with Gasteiger partial charge in [-0.3, -0.25) is 0 Å². The van der Waals surface area contributed by atoms with Crippen LogP contribution in [-0.4, -0.2) is 6.54 Å². The molecule has 0 saturated heterocycles. The van der Waals surface area contributed by atoms with E-state index in [9.17, 15) is 0 Å². The predicted molar refractivity (Wildman–Crippen MR) is 70.9 cm³/mol. The summed E-state index contributed by atoms with van der Waals surface area (Å²) in [5.74, 6) is 0. The highest BCUT2D eigenvalue weighted by Crippen LogP contribution is 2.33. The molecule has 0 fully saturated rings. The third kappa shape index (κ3) is 2.56. The molecule has 16 heavy (non-hydrogen) atoms. The van der Waals surface area contributed by atoms with Crippen molar-refractivity contribution in [1.82, 2.24) is 5.32 Å². The second-order valence-corrected chi connectivity index (χ2v) is 5.38. The van der Waals surface area contributed by atoms with Gasteiger partial charge in [-0.25, -0.2) is 0 Å². The van der Waals surface area contributed by atoms with E-state index in [2.05, 4.69) is 39.6 Å². The first-order valence-corrected chi connectivity index (χ1v) is 6.98.